The summed E-state index contributed by atoms with van der Waals surface area (Å²) in [7, 11) is 2.37. The van der Waals surface area contributed by atoms with Crippen LogP contribution in [0.4, 0.5) is 5.69 Å². The molecule has 2 aliphatic rings. The Hall–Kier alpha value is -2.44. The van der Waals surface area contributed by atoms with Gasteiger partial charge in [-0.25, -0.2) is 0 Å². The van der Waals surface area contributed by atoms with Crippen LogP contribution in [-0.2, 0) is 17.8 Å². The monoisotopic (exact) mass is 578 g/mol. The molecule has 182 valence electrons. The van der Waals surface area contributed by atoms with Crippen LogP contribution in [-0.4, -0.2) is 30.5 Å². The van der Waals surface area contributed by atoms with Crippen LogP contribution in [0, 0.1) is 6.92 Å². The number of quaternary nitrogens is 1. The molecule has 1 saturated heterocycles. The number of benzene rings is 3. The number of carbonyl (C=O) groups is 1. The molecule has 0 spiro atoms. The third-order valence-corrected chi connectivity index (χ3v) is 7.46. The molecule has 0 radical (unpaired) electrons. The average Bonchev–Trinajstić information content (AvgIpc) is 2.85. The molecule has 0 saturated carbocycles. The zero-order chi connectivity index (χ0) is 23.5. The van der Waals surface area contributed by atoms with E-state index >= 15 is 0 Å². The molecule has 1 heterocycles. The third kappa shape index (κ3) is 6.04. The molecule has 0 bridgehead atoms. The molecule has 3 aromatic carbocycles. The second-order valence-electron chi connectivity index (χ2n) is 10.3. The number of anilines is 1. The summed E-state index contributed by atoms with van der Waals surface area (Å²) >= 11 is 0. The summed E-state index contributed by atoms with van der Waals surface area (Å²) in [5.74, 6) is -0.0234. The van der Waals surface area contributed by atoms with E-state index < -0.39 is 0 Å². The number of amides is 1. The fourth-order valence-corrected chi connectivity index (χ4v) is 5.43. The van der Waals surface area contributed by atoms with E-state index in [1.807, 2.05) is 0 Å². The standard InChI is InChI=1S/C31H34N2O.HI/c1-23-9-13-25(14-10-23)27-16-15-26-7-6-8-29(30(26)21-27)31(34)32-28-17-11-24(12-18-28)22-33(2)19-4-3-5-20-33;/h8-18,21H,3-7,19-20,22H2,1-2H3;1H. The summed E-state index contributed by atoms with van der Waals surface area (Å²) in [4.78, 5) is 13.3. The van der Waals surface area contributed by atoms with Gasteiger partial charge >= 0.3 is 0 Å². The van der Waals surface area contributed by atoms with Crippen LogP contribution < -0.4 is 29.3 Å². The van der Waals surface area contributed by atoms with E-state index in [0.29, 0.717) is 0 Å². The molecule has 1 N–H and O–H groups in total. The average molecular weight is 579 g/mol. The number of nitrogens with one attached hydrogen (secondary N) is 1. The van der Waals surface area contributed by atoms with Gasteiger partial charge in [0.05, 0.1) is 20.1 Å². The topological polar surface area (TPSA) is 29.1 Å². The molecule has 35 heavy (non-hydrogen) atoms. The lowest BCUT2D eigenvalue weighted by Crippen LogP contribution is -3.00. The number of carbonyl (C=O) groups excluding carboxylic acids is 1. The van der Waals surface area contributed by atoms with Crippen molar-refractivity contribution in [1.29, 1.82) is 0 Å². The van der Waals surface area contributed by atoms with Crippen LogP contribution >= 0.6 is 0 Å². The number of allylic oxidation sites excluding steroid dienone is 1. The van der Waals surface area contributed by atoms with Crippen LogP contribution in [0.5, 0.6) is 0 Å². The summed E-state index contributed by atoms with van der Waals surface area (Å²) in [6, 6.07) is 23.6. The van der Waals surface area contributed by atoms with Gasteiger partial charge in [-0.05, 0) is 79.5 Å². The van der Waals surface area contributed by atoms with Gasteiger partial charge in [-0.15, -0.1) is 0 Å². The summed E-state index contributed by atoms with van der Waals surface area (Å²) in [5, 5.41) is 3.15. The molecule has 0 unspecified atom stereocenters. The van der Waals surface area contributed by atoms with Gasteiger partial charge in [-0.1, -0.05) is 60.2 Å². The van der Waals surface area contributed by atoms with E-state index in [1.165, 1.54) is 54.6 Å². The van der Waals surface area contributed by atoms with Crippen LogP contribution in [0.1, 0.15) is 47.9 Å². The predicted molar refractivity (Wildman–Crippen MR) is 141 cm³/mol. The van der Waals surface area contributed by atoms with Crippen LogP contribution in [0.15, 0.2) is 72.8 Å². The van der Waals surface area contributed by atoms with Crippen molar-refractivity contribution in [3.63, 3.8) is 0 Å². The Morgan fingerprint density at radius 2 is 1.57 bits per heavy atom. The van der Waals surface area contributed by atoms with E-state index in [2.05, 4.69) is 92.1 Å². The van der Waals surface area contributed by atoms with Crippen LogP contribution in [0.25, 0.3) is 16.7 Å². The largest absolute Gasteiger partial charge is 1.00 e. The highest BCUT2D eigenvalue weighted by molar-refractivity contribution is 6.26. The molecule has 0 aromatic heterocycles. The van der Waals surface area contributed by atoms with Gasteiger partial charge in [0.2, 0.25) is 0 Å². The molecule has 4 heteroatoms. The first-order valence-electron chi connectivity index (χ1n) is 12.6. The molecule has 3 nitrogen and oxygen atoms in total. The number of likely N-dealkylation sites (tertiary alicyclic amines) is 1. The van der Waals surface area contributed by atoms with Crippen molar-refractivity contribution in [2.45, 2.75) is 45.6 Å². The molecule has 1 aliphatic heterocycles. The Morgan fingerprint density at radius 3 is 2.29 bits per heavy atom. The SMILES string of the molecule is Cc1ccc(-c2ccc3c(c2)C(C(=O)Nc2ccc(C[N+]4(C)CCCCC4)cc2)=CCC3)cc1.[I-]. The highest BCUT2D eigenvalue weighted by atomic mass is 127. The Morgan fingerprint density at radius 1 is 0.886 bits per heavy atom. The molecular formula is C31H35IN2O. The Labute approximate surface area is 226 Å². The fraction of sp³-hybridized carbons (Fsp3) is 0.323. The van der Waals surface area contributed by atoms with Gasteiger partial charge in [0.1, 0.15) is 6.54 Å². The second-order valence-corrected chi connectivity index (χ2v) is 10.3. The minimum absolute atomic E-state index is 0. The Balaban J connectivity index is 0.00000289. The molecular weight excluding hydrogens is 543 g/mol. The van der Waals surface area contributed by atoms with Crippen molar-refractivity contribution in [2.75, 3.05) is 25.5 Å². The van der Waals surface area contributed by atoms with Crippen molar-refractivity contribution in [1.82, 2.24) is 0 Å². The number of hydrogen-bond acceptors (Lipinski definition) is 1. The number of fused-ring (bicyclic) bond motifs is 1. The summed E-state index contributed by atoms with van der Waals surface area (Å²) in [6.45, 7) is 5.69. The third-order valence-electron chi connectivity index (χ3n) is 7.46. The first-order chi connectivity index (χ1) is 16.5. The minimum Gasteiger partial charge on any atom is -1.00 e. The van der Waals surface area contributed by atoms with Gasteiger partial charge in [-0.3, -0.25) is 4.79 Å². The second kappa shape index (κ2) is 11.1. The summed E-state index contributed by atoms with van der Waals surface area (Å²) < 4.78 is 1.12. The maximum Gasteiger partial charge on any atom is 0.255 e. The lowest BCUT2D eigenvalue weighted by molar-refractivity contribution is -0.926. The summed E-state index contributed by atoms with van der Waals surface area (Å²) in [5.41, 5.74) is 8.87. The maximum absolute atomic E-state index is 13.3. The lowest BCUT2D eigenvalue weighted by atomic mass is 9.87. The zero-order valence-electron chi connectivity index (χ0n) is 20.8. The Kier molecular flexibility index (Phi) is 8.12. The molecule has 1 aliphatic carbocycles. The number of halogens is 1. The molecule has 3 aromatic rings. The maximum atomic E-state index is 13.3. The van der Waals surface area contributed by atoms with Crippen molar-refractivity contribution in [3.8, 4) is 11.1 Å². The van der Waals surface area contributed by atoms with E-state index in [9.17, 15) is 4.79 Å². The number of hydrogen-bond donors (Lipinski definition) is 1. The molecule has 1 fully saturated rings. The minimum atomic E-state index is -0.0234. The highest BCUT2D eigenvalue weighted by Gasteiger charge is 2.25. The number of piperidine rings is 1. The molecule has 1 amide bonds. The number of rotatable bonds is 5. The van der Waals surface area contributed by atoms with Gasteiger partial charge in [0.15, 0.2) is 0 Å². The van der Waals surface area contributed by atoms with Crippen molar-refractivity contribution in [2.24, 2.45) is 0 Å². The van der Waals surface area contributed by atoms with E-state index in [-0.39, 0.29) is 29.9 Å². The zero-order valence-corrected chi connectivity index (χ0v) is 23.0. The van der Waals surface area contributed by atoms with Gasteiger partial charge in [-0.2, -0.15) is 0 Å². The smallest absolute Gasteiger partial charge is 0.255 e. The number of aryl methyl sites for hydroxylation is 2. The van der Waals surface area contributed by atoms with E-state index in [4.69, 9.17) is 0 Å². The van der Waals surface area contributed by atoms with E-state index in [1.54, 1.807) is 0 Å². The lowest BCUT2D eigenvalue weighted by Gasteiger charge is -2.37. The fourth-order valence-electron chi connectivity index (χ4n) is 5.43. The number of nitrogens with zero attached hydrogens (tertiary/aromatic N) is 1. The Bertz CT molecular complexity index is 1210. The quantitative estimate of drug-likeness (QED) is 0.363. The van der Waals surface area contributed by atoms with Gasteiger partial charge < -0.3 is 33.8 Å². The van der Waals surface area contributed by atoms with Crippen molar-refractivity contribution >= 4 is 17.2 Å². The predicted octanol–water partition coefficient (Wildman–Crippen LogP) is 3.76. The van der Waals surface area contributed by atoms with Crippen LogP contribution in [0.2, 0.25) is 0 Å². The van der Waals surface area contributed by atoms with Crippen molar-refractivity contribution < 1.29 is 33.3 Å². The normalized spacial score (nSPS) is 16.5. The molecule has 5 rings (SSSR count). The first kappa shape index (κ1) is 25.6. The van der Waals surface area contributed by atoms with Gasteiger partial charge in [0, 0.05) is 16.8 Å². The van der Waals surface area contributed by atoms with Crippen molar-refractivity contribution in [3.05, 3.63) is 95.1 Å². The van der Waals surface area contributed by atoms with Crippen LogP contribution in [0.3, 0.4) is 0 Å². The summed E-state index contributed by atoms with van der Waals surface area (Å²) in [6.07, 6.45) is 7.98. The first-order valence-corrected chi connectivity index (χ1v) is 12.6. The van der Waals surface area contributed by atoms with Gasteiger partial charge in [0.25, 0.3) is 5.91 Å². The van der Waals surface area contributed by atoms with E-state index in [0.717, 1.165) is 46.3 Å². The highest BCUT2D eigenvalue weighted by Crippen LogP contribution is 2.32. The molecule has 0 atom stereocenters.